The fourth-order valence-electron chi connectivity index (χ4n) is 0.805. The van der Waals surface area contributed by atoms with Gasteiger partial charge in [-0.05, 0) is 0 Å². The van der Waals surface area contributed by atoms with E-state index in [4.69, 9.17) is 11.1 Å². The number of imidazole rings is 1. The Hall–Kier alpha value is -1.78. The zero-order valence-corrected chi connectivity index (χ0v) is 6.59. The third-order valence-electron chi connectivity index (χ3n) is 1.23. The first-order chi connectivity index (χ1) is 5.72. The van der Waals surface area contributed by atoms with Crippen molar-refractivity contribution in [1.29, 1.82) is 5.41 Å². The van der Waals surface area contributed by atoms with E-state index >= 15 is 0 Å². The molecule has 0 aliphatic rings. The summed E-state index contributed by atoms with van der Waals surface area (Å²) in [4.78, 5) is 7.00. The van der Waals surface area contributed by atoms with Crippen molar-refractivity contribution in [3.05, 3.63) is 24.7 Å². The summed E-state index contributed by atoms with van der Waals surface area (Å²) < 4.78 is 0. The molecular weight excluding hydrogens is 154 g/mol. The molecule has 5 N–H and O–H groups in total. The second kappa shape index (κ2) is 3.56. The summed E-state index contributed by atoms with van der Waals surface area (Å²) in [7, 11) is 0. The van der Waals surface area contributed by atoms with Gasteiger partial charge in [-0.3, -0.25) is 5.41 Å². The fourth-order valence-corrected chi connectivity index (χ4v) is 0.805. The fraction of sp³-hybridized carbons (Fsp3) is 0.143. The van der Waals surface area contributed by atoms with E-state index in [-0.39, 0.29) is 5.96 Å². The van der Waals surface area contributed by atoms with Crippen LogP contribution in [0.2, 0.25) is 0 Å². The number of H-pyrrole nitrogens is 1. The smallest absolute Gasteiger partial charge is 0.191 e. The minimum atomic E-state index is -0.119. The summed E-state index contributed by atoms with van der Waals surface area (Å²) in [6.07, 6.45) is 4.08. The van der Waals surface area contributed by atoms with E-state index in [1.54, 1.807) is 12.3 Å². The Morgan fingerprint density at radius 3 is 3.25 bits per heavy atom. The van der Waals surface area contributed by atoms with E-state index in [1.807, 2.05) is 0 Å². The number of rotatable bonds is 3. The maximum Gasteiger partial charge on any atom is 0.191 e. The first kappa shape index (κ1) is 8.32. The van der Waals surface area contributed by atoms with Gasteiger partial charge >= 0.3 is 0 Å². The molecule has 0 fully saturated rings. The Bertz CT molecular complexity index is 288. The van der Waals surface area contributed by atoms with Gasteiger partial charge in [0, 0.05) is 12.6 Å². The molecule has 64 valence electrons. The number of anilines is 1. The molecule has 1 heterocycles. The van der Waals surface area contributed by atoms with E-state index in [0.29, 0.717) is 12.2 Å². The van der Waals surface area contributed by atoms with Crippen LogP contribution in [0.25, 0.3) is 0 Å². The number of hydrogen-bond acceptors (Lipinski definition) is 2. The largest absolute Gasteiger partial charge is 0.370 e. The third kappa shape index (κ3) is 2.12. The molecule has 1 rings (SSSR count). The summed E-state index contributed by atoms with van der Waals surface area (Å²) in [5.41, 5.74) is 5.11. The van der Waals surface area contributed by atoms with Crippen LogP contribution in [0.1, 0.15) is 5.82 Å². The van der Waals surface area contributed by atoms with E-state index in [9.17, 15) is 0 Å². The number of aromatic nitrogens is 2. The molecule has 5 nitrogen and oxygen atoms in total. The van der Waals surface area contributed by atoms with Gasteiger partial charge in [-0.15, -0.1) is 6.58 Å². The zero-order valence-electron chi connectivity index (χ0n) is 6.59. The molecular formula is C7H11N5. The van der Waals surface area contributed by atoms with Crippen LogP contribution in [-0.4, -0.2) is 15.9 Å². The number of aromatic amines is 1. The lowest BCUT2D eigenvalue weighted by atomic mass is 10.4. The highest BCUT2D eigenvalue weighted by atomic mass is 15.1. The molecule has 0 spiro atoms. The van der Waals surface area contributed by atoms with E-state index in [0.717, 1.165) is 5.82 Å². The predicted octanol–water partition coefficient (Wildman–Crippen LogP) is 0.444. The Morgan fingerprint density at radius 2 is 2.67 bits per heavy atom. The first-order valence-corrected chi connectivity index (χ1v) is 3.48. The molecule has 0 aliphatic heterocycles. The summed E-state index contributed by atoms with van der Waals surface area (Å²) in [5, 5.41) is 9.50. The van der Waals surface area contributed by atoms with Crippen LogP contribution in [0.4, 0.5) is 5.82 Å². The molecule has 0 bridgehead atoms. The third-order valence-corrected chi connectivity index (χ3v) is 1.23. The number of allylic oxidation sites excluding steroid dienone is 1. The number of guanidine groups is 1. The van der Waals surface area contributed by atoms with Gasteiger partial charge < -0.3 is 16.0 Å². The topological polar surface area (TPSA) is 90.6 Å². The molecule has 0 aromatic carbocycles. The molecule has 0 radical (unpaired) electrons. The molecule has 0 amide bonds. The average Bonchev–Trinajstić information content (AvgIpc) is 2.36. The van der Waals surface area contributed by atoms with Crippen LogP contribution in [0.3, 0.4) is 0 Å². The van der Waals surface area contributed by atoms with Gasteiger partial charge in [-0.25, -0.2) is 4.98 Å². The Morgan fingerprint density at radius 1 is 1.92 bits per heavy atom. The standard InChI is InChI=1S/C7H11N5/c1-2-3-5-10-4-6(11-5)12-7(8)9/h2,4H,1,3H2,(H,10,11)(H4,8,9,12). The molecule has 1 aromatic rings. The van der Waals surface area contributed by atoms with Crippen LogP contribution in [-0.2, 0) is 6.42 Å². The van der Waals surface area contributed by atoms with Gasteiger partial charge in [-0.2, -0.15) is 0 Å². The normalized spacial score (nSPS) is 9.33. The van der Waals surface area contributed by atoms with Crippen LogP contribution in [0, 0.1) is 5.41 Å². The molecule has 0 aliphatic carbocycles. The first-order valence-electron chi connectivity index (χ1n) is 3.48. The number of nitrogens with zero attached hydrogens (tertiary/aromatic N) is 1. The lowest BCUT2D eigenvalue weighted by Gasteiger charge is -1.95. The quantitative estimate of drug-likeness (QED) is 0.297. The van der Waals surface area contributed by atoms with Gasteiger partial charge in [0.15, 0.2) is 11.8 Å². The Kier molecular flexibility index (Phi) is 2.47. The van der Waals surface area contributed by atoms with Crippen molar-refractivity contribution in [2.45, 2.75) is 6.42 Å². The maximum atomic E-state index is 6.94. The summed E-state index contributed by atoms with van der Waals surface area (Å²) in [6.45, 7) is 3.58. The maximum absolute atomic E-state index is 6.94. The van der Waals surface area contributed by atoms with Gasteiger partial charge in [-0.1, -0.05) is 6.08 Å². The van der Waals surface area contributed by atoms with E-state index < -0.39 is 0 Å². The zero-order chi connectivity index (χ0) is 8.97. The van der Waals surface area contributed by atoms with Crippen molar-refractivity contribution in [1.82, 2.24) is 9.97 Å². The summed E-state index contributed by atoms with van der Waals surface area (Å²) >= 11 is 0. The van der Waals surface area contributed by atoms with Crippen molar-refractivity contribution in [3.63, 3.8) is 0 Å². The molecule has 5 heteroatoms. The van der Waals surface area contributed by atoms with Crippen LogP contribution in [0.15, 0.2) is 18.9 Å². The van der Waals surface area contributed by atoms with Gasteiger partial charge in [0.2, 0.25) is 0 Å². The minimum absolute atomic E-state index is 0.119. The van der Waals surface area contributed by atoms with Crippen molar-refractivity contribution < 1.29 is 0 Å². The molecule has 1 aromatic heterocycles. The highest BCUT2D eigenvalue weighted by Gasteiger charge is 1.98. The minimum Gasteiger partial charge on any atom is -0.370 e. The van der Waals surface area contributed by atoms with Gasteiger partial charge in [0.1, 0.15) is 5.82 Å². The SMILES string of the molecule is C=CCc1nc(NC(=N)N)c[nH]1. The second-order valence-electron chi connectivity index (χ2n) is 2.26. The number of nitrogens with two attached hydrogens (primary N) is 1. The monoisotopic (exact) mass is 165 g/mol. The molecule has 0 saturated carbocycles. The second-order valence-corrected chi connectivity index (χ2v) is 2.26. The summed E-state index contributed by atoms with van der Waals surface area (Å²) in [6, 6.07) is 0. The molecule has 0 saturated heterocycles. The molecule has 12 heavy (non-hydrogen) atoms. The average molecular weight is 165 g/mol. The number of nitrogens with one attached hydrogen (secondary N) is 3. The van der Waals surface area contributed by atoms with E-state index in [1.165, 1.54) is 0 Å². The van der Waals surface area contributed by atoms with Crippen molar-refractivity contribution in [2.24, 2.45) is 5.73 Å². The number of hydrogen-bond donors (Lipinski definition) is 4. The highest BCUT2D eigenvalue weighted by molar-refractivity contribution is 5.88. The van der Waals surface area contributed by atoms with Gasteiger partial charge in [0.05, 0.1) is 0 Å². The lowest BCUT2D eigenvalue weighted by Crippen LogP contribution is -2.20. The Labute approximate surface area is 70.2 Å². The van der Waals surface area contributed by atoms with Crippen molar-refractivity contribution >= 4 is 11.8 Å². The highest BCUT2D eigenvalue weighted by Crippen LogP contribution is 2.02. The predicted molar refractivity (Wildman–Crippen MR) is 48.0 cm³/mol. The van der Waals surface area contributed by atoms with Crippen molar-refractivity contribution in [3.8, 4) is 0 Å². The van der Waals surface area contributed by atoms with Crippen LogP contribution < -0.4 is 11.1 Å². The van der Waals surface area contributed by atoms with Crippen LogP contribution >= 0.6 is 0 Å². The van der Waals surface area contributed by atoms with Crippen LogP contribution in [0.5, 0.6) is 0 Å². The molecule has 0 atom stereocenters. The van der Waals surface area contributed by atoms with Crippen molar-refractivity contribution in [2.75, 3.05) is 5.32 Å². The Balaban J connectivity index is 2.63. The molecule has 0 unspecified atom stereocenters. The van der Waals surface area contributed by atoms with Gasteiger partial charge in [0.25, 0.3) is 0 Å². The van der Waals surface area contributed by atoms with E-state index in [2.05, 4.69) is 21.9 Å². The lowest BCUT2D eigenvalue weighted by molar-refractivity contribution is 1.06. The summed E-state index contributed by atoms with van der Waals surface area (Å²) in [5.74, 6) is 1.24.